The topological polar surface area (TPSA) is 66.4 Å². The SMILES string of the molecule is CCc1ccsc1CNC(=O)CCC(=O)O. The molecule has 1 aromatic heterocycles. The minimum Gasteiger partial charge on any atom is -0.481 e. The molecule has 0 bridgehead atoms. The van der Waals surface area contributed by atoms with Crippen LogP contribution in [0.4, 0.5) is 0 Å². The Morgan fingerprint density at radius 3 is 2.81 bits per heavy atom. The van der Waals surface area contributed by atoms with E-state index in [0.29, 0.717) is 6.54 Å². The van der Waals surface area contributed by atoms with Crippen molar-refractivity contribution in [1.82, 2.24) is 5.32 Å². The Morgan fingerprint density at radius 2 is 2.19 bits per heavy atom. The summed E-state index contributed by atoms with van der Waals surface area (Å²) in [6.45, 7) is 2.57. The van der Waals surface area contributed by atoms with Crippen molar-refractivity contribution in [3.63, 3.8) is 0 Å². The van der Waals surface area contributed by atoms with Crippen molar-refractivity contribution in [2.24, 2.45) is 0 Å². The van der Waals surface area contributed by atoms with Crippen LogP contribution in [0.25, 0.3) is 0 Å². The van der Waals surface area contributed by atoms with E-state index in [1.54, 1.807) is 11.3 Å². The third kappa shape index (κ3) is 4.02. The molecule has 88 valence electrons. The standard InChI is InChI=1S/C11H15NO3S/c1-2-8-5-6-16-9(8)7-12-10(13)3-4-11(14)15/h5-6H,2-4,7H2,1H3,(H,12,13)(H,14,15). The molecular weight excluding hydrogens is 226 g/mol. The van der Waals surface area contributed by atoms with Gasteiger partial charge in [-0.3, -0.25) is 9.59 Å². The van der Waals surface area contributed by atoms with E-state index in [0.717, 1.165) is 11.3 Å². The van der Waals surface area contributed by atoms with Crippen molar-refractivity contribution in [3.05, 3.63) is 21.9 Å². The van der Waals surface area contributed by atoms with E-state index in [-0.39, 0.29) is 18.7 Å². The molecule has 0 atom stereocenters. The highest BCUT2D eigenvalue weighted by molar-refractivity contribution is 7.10. The number of amides is 1. The number of carboxylic acids is 1. The lowest BCUT2D eigenvalue weighted by Crippen LogP contribution is -2.23. The molecule has 0 spiro atoms. The summed E-state index contributed by atoms with van der Waals surface area (Å²) in [6, 6.07) is 2.05. The first-order chi connectivity index (χ1) is 7.63. The Balaban J connectivity index is 2.34. The van der Waals surface area contributed by atoms with Crippen molar-refractivity contribution < 1.29 is 14.7 Å². The lowest BCUT2D eigenvalue weighted by atomic mass is 10.2. The fourth-order valence-corrected chi connectivity index (χ4v) is 2.24. The first-order valence-corrected chi connectivity index (χ1v) is 6.05. The van der Waals surface area contributed by atoms with Crippen LogP contribution in [-0.2, 0) is 22.6 Å². The number of carbonyl (C=O) groups is 2. The number of aryl methyl sites for hydroxylation is 1. The van der Waals surface area contributed by atoms with Gasteiger partial charge in [0.25, 0.3) is 0 Å². The fraction of sp³-hybridized carbons (Fsp3) is 0.455. The zero-order chi connectivity index (χ0) is 12.0. The van der Waals surface area contributed by atoms with Crippen molar-refractivity contribution in [1.29, 1.82) is 0 Å². The summed E-state index contributed by atoms with van der Waals surface area (Å²) in [5.74, 6) is -1.15. The second-order valence-corrected chi connectivity index (χ2v) is 4.39. The van der Waals surface area contributed by atoms with Gasteiger partial charge in [0.2, 0.25) is 5.91 Å². The minimum atomic E-state index is -0.944. The Morgan fingerprint density at radius 1 is 1.44 bits per heavy atom. The Bertz CT molecular complexity index is 373. The van der Waals surface area contributed by atoms with Crippen LogP contribution in [0.3, 0.4) is 0 Å². The lowest BCUT2D eigenvalue weighted by molar-refractivity contribution is -0.138. The molecule has 1 rings (SSSR count). The average Bonchev–Trinajstić information content (AvgIpc) is 2.70. The highest BCUT2D eigenvalue weighted by Gasteiger charge is 2.07. The number of hydrogen-bond acceptors (Lipinski definition) is 3. The van der Waals surface area contributed by atoms with Crippen LogP contribution in [-0.4, -0.2) is 17.0 Å². The van der Waals surface area contributed by atoms with Crippen LogP contribution in [0.5, 0.6) is 0 Å². The first-order valence-electron chi connectivity index (χ1n) is 5.17. The summed E-state index contributed by atoms with van der Waals surface area (Å²) in [7, 11) is 0. The van der Waals surface area contributed by atoms with Gasteiger partial charge in [0.15, 0.2) is 0 Å². The maximum Gasteiger partial charge on any atom is 0.303 e. The quantitative estimate of drug-likeness (QED) is 0.798. The first kappa shape index (κ1) is 12.7. The molecule has 0 aliphatic rings. The second-order valence-electron chi connectivity index (χ2n) is 3.39. The van der Waals surface area contributed by atoms with E-state index in [2.05, 4.69) is 12.2 Å². The van der Waals surface area contributed by atoms with Crippen LogP contribution in [0.2, 0.25) is 0 Å². The van der Waals surface area contributed by atoms with Crippen LogP contribution in [0.1, 0.15) is 30.2 Å². The van der Waals surface area contributed by atoms with Gasteiger partial charge in [-0.25, -0.2) is 0 Å². The molecule has 1 amide bonds. The maximum atomic E-state index is 11.3. The Labute approximate surface area is 98.3 Å². The fourth-order valence-electron chi connectivity index (χ4n) is 1.32. The summed E-state index contributed by atoms with van der Waals surface area (Å²) < 4.78 is 0. The van der Waals surface area contributed by atoms with Gasteiger partial charge in [0.1, 0.15) is 0 Å². The molecular formula is C11H15NO3S. The van der Waals surface area contributed by atoms with E-state index in [9.17, 15) is 9.59 Å². The molecule has 0 saturated carbocycles. The summed E-state index contributed by atoms with van der Waals surface area (Å²) in [6.07, 6.45) is 0.878. The van der Waals surface area contributed by atoms with Crippen molar-refractivity contribution in [2.75, 3.05) is 0 Å². The van der Waals surface area contributed by atoms with E-state index >= 15 is 0 Å². The van der Waals surface area contributed by atoms with Gasteiger partial charge in [-0.05, 0) is 23.4 Å². The predicted molar refractivity (Wildman–Crippen MR) is 62.4 cm³/mol. The number of thiophene rings is 1. The molecule has 16 heavy (non-hydrogen) atoms. The molecule has 0 radical (unpaired) electrons. The highest BCUT2D eigenvalue weighted by atomic mass is 32.1. The maximum absolute atomic E-state index is 11.3. The molecule has 0 fully saturated rings. The molecule has 1 heterocycles. The van der Waals surface area contributed by atoms with Gasteiger partial charge >= 0.3 is 5.97 Å². The molecule has 0 aliphatic heterocycles. The highest BCUT2D eigenvalue weighted by Crippen LogP contribution is 2.16. The largest absolute Gasteiger partial charge is 0.481 e. The normalized spacial score (nSPS) is 10.1. The Kier molecular flexibility index (Phi) is 4.98. The number of aliphatic carboxylic acids is 1. The average molecular weight is 241 g/mol. The Hall–Kier alpha value is -1.36. The summed E-state index contributed by atoms with van der Waals surface area (Å²) in [4.78, 5) is 22.7. The van der Waals surface area contributed by atoms with E-state index in [1.165, 1.54) is 5.56 Å². The lowest BCUT2D eigenvalue weighted by Gasteiger charge is -2.04. The number of carboxylic acid groups (broad SMARTS) is 1. The van der Waals surface area contributed by atoms with Crippen LogP contribution >= 0.6 is 11.3 Å². The van der Waals surface area contributed by atoms with Crippen LogP contribution < -0.4 is 5.32 Å². The summed E-state index contributed by atoms with van der Waals surface area (Å²) in [5, 5.41) is 13.1. The minimum absolute atomic E-state index is 0.0438. The zero-order valence-corrected chi connectivity index (χ0v) is 9.97. The van der Waals surface area contributed by atoms with Gasteiger partial charge in [-0.2, -0.15) is 0 Å². The monoisotopic (exact) mass is 241 g/mol. The molecule has 0 saturated heterocycles. The number of hydrogen-bond donors (Lipinski definition) is 2. The third-order valence-electron chi connectivity index (χ3n) is 2.23. The van der Waals surface area contributed by atoms with E-state index in [4.69, 9.17) is 5.11 Å². The molecule has 4 nitrogen and oxygen atoms in total. The zero-order valence-electron chi connectivity index (χ0n) is 9.16. The molecule has 5 heteroatoms. The smallest absolute Gasteiger partial charge is 0.303 e. The molecule has 2 N–H and O–H groups in total. The summed E-state index contributed by atoms with van der Waals surface area (Å²) >= 11 is 1.61. The van der Waals surface area contributed by atoms with Crippen molar-refractivity contribution in [2.45, 2.75) is 32.7 Å². The summed E-state index contributed by atoms with van der Waals surface area (Å²) in [5.41, 5.74) is 1.24. The van der Waals surface area contributed by atoms with Gasteiger partial charge in [-0.1, -0.05) is 6.92 Å². The van der Waals surface area contributed by atoms with E-state index < -0.39 is 5.97 Å². The van der Waals surface area contributed by atoms with Crippen molar-refractivity contribution in [3.8, 4) is 0 Å². The number of nitrogens with one attached hydrogen (secondary N) is 1. The third-order valence-corrected chi connectivity index (χ3v) is 3.19. The predicted octanol–water partition coefficient (Wildman–Crippen LogP) is 1.79. The molecule has 0 aromatic carbocycles. The van der Waals surface area contributed by atoms with Crippen LogP contribution in [0, 0.1) is 0 Å². The molecule has 0 aliphatic carbocycles. The van der Waals surface area contributed by atoms with Gasteiger partial charge in [0.05, 0.1) is 13.0 Å². The number of rotatable bonds is 6. The van der Waals surface area contributed by atoms with Gasteiger partial charge in [-0.15, -0.1) is 11.3 Å². The van der Waals surface area contributed by atoms with Crippen LogP contribution in [0.15, 0.2) is 11.4 Å². The van der Waals surface area contributed by atoms with Gasteiger partial charge in [0, 0.05) is 11.3 Å². The van der Waals surface area contributed by atoms with Gasteiger partial charge < -0.3 is 10.4 Å². The molecule has 0 unspecified atom stereocenters. The number of carbonyl (C=O) groups excluding carboxylic acids is 1. The van der Waals surface area contributed by atoms with E-state index in [1.807, 2.05) is 11.4 Å². The second kappa shape index (κ2) is 6.27. The molecule has 1 aromatic rings. The van der Waals surface area contributed by atoms with Crippen molar-refractivity contribution >= 4 is 23.2 Å².